The maximum absolute atomic E-state index is 12.5. The average Bonchev–Trinajstić information content (AvgIpc) is 3.08. The zero-order valence-corrected chi connectivity index (χ0v) is 14.7. The van der Waals surface area contributed by atoms with E-state index in [4.69, 9.17) is 9.47 Å². The number of nitrogens with one attached hydrogen (secondary N) is 1. The molecule has 0 spiro atoms. The lowest BCUT2D eigenvalue weighted by molar-refractivity contribution is -0.917. The number of nitrogens with zero attached hydrogens (tertiary/aromatic N) is 1. The van der Waals surface area contributed by atoms with Crippen molar-refractivity contribution < 1.29 is 24.9 Å². The van der Waals surface area contributed by atoms with Crippen LogP contribution in [0.15, 0.2) is 18.2 Å². The Hall–Kier alpha value is -1.79. The number of piperazine rings is 1. The molecule has 0 bridgehead atoms. The summed E-state index contributed by atoms with van der Waals surface area (Å²) in [5.74, 6) is 2.23. The van der Waals surface area contributed by atoms with E-state index < -0.39 is 0 Å². The van der Waals surface area contributed by atoms with Crippen LogP contribution < -0.4 is 20.1 Å². The molecule has 4 N–H and O–H groups in total. The van der Waals surface area contributed by atoms with E-state index in [0.717, 1.165) is 50.6 Å². The Bertz CT molecular complexity index is 585. The van der Waals surface area contributed by atoms with Gasteiger partial charge in [-0.3, -0.25) is 4.79 Å². The summed E-state index contributed by atoms with van der Waals surface area (Å²) in [6, 6.07) is 6.04. The first-order chi connectivity index (χ1) is 11.6. The van der Waals surface area contributed by atoms with Crippen molar-refractivity contribution in [2.45, 2.75) is 32.9 Å². The minimum Gasteiger partial charge on any atom is -0.454 e. The molecule has 6 heteroatoms. The van der Waals surface area contributed by atoms with E-state index >= 15 is 0 Å². The molecule has 132 valence electrons. The van der Waals surface area contributed by atoms with Gasteiger partial charge in [-0.25, -0.2) is 0 Å². The molecule has 1 fully saturated rings. The summed E-state index contributed by atoms with van der Waals surface area (Å²) < 4.78 is 10.8. The first kappa shape index (κ1) is 17.0. The van der Waals surface area contributed by atoms with Crippen LogP contribution in [0.25, 0.3) is 0 Å². The van der Waals surface area contributed by atoms with Crippen molar-refractivity contribution in [2.75, 3.05) is 33.0 Å². The summed E-state index contributed by atoms with van der Waals surface area (Å²) >= 11 is 0. The predicted molar refractivity (Wildman–Crippen MR) is 89.7 cm³/mol. The number of rotatable bonds is 5. The molecule has 2 heterocycles. The summed E-state index contributed by atoms with van der Waals surface area (Å²) in [6.07, 6.45) is 0.995. The lowest BCUT2D eigenvalue weighted by atomic mass is 9.98. The van der Waals surface area contributed by atoms with E-state index in [2.05, 4.69) is 31.7 Å². The molecule has 2 aliphatic heterocycles. The molecule has 1 aromatic carbocycles. The molecule has 1 amide bonds. The highest BCUT2D eigenvalue weighted by Gasteiger charge is 2.31. The maximum atomic E-state index is 12.5. The summed E-state index contributed by atoms with van der Waals surface area (Å²) in [5, 5.41) is 0. The van der Waals surface area contributed by atoms with E-state index in [0.29, 0.717) is 12.7 Å². The molecule has 0 aromatic heterocycles. The highest BCUT2D eigenvalue weighted by Crippen LogP contribution is 2.32. The van der Waals surface area contributed by atoms with Crippen LogP contribution in [0.2, 0.25) is 0 Å². The summed E-state index contributed by atoms with van der Waals surface area (Å²) in [7, 11) is 0. The SMILES string of the molecule is CC[C@H](C)[C@@H]([NH3+])C(=O)N1CC[NH+](Cc2ccc3c(c2)OCO3)CC1. The second-order valence-corrected chi connectivity index (χ2v) is 6.93. The summed E-state index contributed by atoms with van der Waals surface area (Å²) in [6.45, 7) is 9.09. The Labute approximate surface area is 143 Å². The first-order valence-electron chi connectivity index (χ1n) is 8.92. The number of fused-ring (bicyclic) bond motifs is 1. The number of hydrogen-bond acceptors (Lipinski definition) is 3. The zero-order valence-electron chi connectivity index (χ0n) is 14.7. The fraction of sp³-hybridized carbons (Fsp3) is 0.611. The number of carbonyl (C=O) groups excluding carboxylic acids is 1. The predicted octanol–water partition coefficient (Wildman–Crippen LogP) is -0.701. The van der Waals surface area contributed by atoms with Crippen LogP contribution in [0.3, 0.4) is 0 Å². The van der Waals surface area contributed by atoms with Crippen LogP contribution >= 0.6 is 0 Å². The molecular formula is C18H29N3O3+2. The van der Waals surface area contributed by atoms with Crippen molar-refractivity contribution in [2.24, 2.45) is 5.92 Å². The third-order valence-corrected chi connectivity index (χ3v) is 5.32. The fourth-order valence-corrected chi connectivity index (χ4v) is 3.32. The zero-order chi connectivity index (χ0) is 17.1. The molecule has 1 aromatic rings. The Kier molecular flexibility index (Phi) is 5.26. The minimum absolute atomic E-state index is 0.120. The fourth-order valence-electron chi connectivity index (χ4n) is 3.32. The molecule has 0 saturated carbocycles. The molecule has 0 unspecified atom stereocenters. The standard InChI is InChI=1S/C18H27N3O3/c1-3-13(2)17(19)18(22)21-8-6-20(7-9-21)11-14-4-5-15-16(10-14)24-12-23-15/h4-5,10,13,17H,3,6-9,11-12,19H2,1-2H3/p+2/t13-,17+/m0/s1. The van der Waals surface area contributed by atoms with Gasteiger partial charge in [0, 0.05) is 11.5 Å². The van der Waals surface area contributed by atoms with Gasteiger partial charge in [0.15, 0.2) is 17.5 Å². The van der Waals surface area contributed by atoms with E-state index in [1.165, 1.54) is 10.5 Å². The number of quaternary nitrogens is 2. The lowest BCUT2D eigenvalue weighted by Gasteiger charge is -2.33. The van der Waals surface area contributed by atoms with E-state index in [-0.39, 0.29) is 11.9 Å². The van der Waals surface area contributed by atoms with E-state index in [1.54, 1.807) is 0 Å². The Balaban J connectivity index is 1.51. The number of amides is 1. The number of hydrogen-bond donors (Lipinski definition) is 2. The van der Waals surface area contributed by atoms with Crippen molar-refractivity contribution in [1.82, 2.24) is 4.90 Å². The second kappa shape index (κ2) is 7.40. The minimum atomic E-state index is -0.120. The average molecular weight is 335 g/mol. The quantitative estimate of drug-likeness (QED) is 0.747. The molecular weight excluding hydrogens is 306 g/mol. The van der Waals surface area contributed by atoms with Crippen LogP contribution in [0.5, 0.6) is 11.5 Å². The summed E-state index contributed by atoms with van der Waals surface area (Å²) in [5.41, 5.74) is 5.33. The van der Waals surface area contributed by atoms with Gasteiger partial charge in [0.1, 0.15) is 6.54 Å². The van der Waals surface area contributed by atoms with Crippen molar-refractivity contribution in [3.8, 4) is 11.5 Å². The van der Waals surface area contributed by atoms with Crippen LogP contribution in [-0.2, 0) is 11.3 Å². The number of carbonyl (C=O) groups is 1. The van der Waals surface area contributed by atoms with E-state index in [1.807, 2.05) is 11.0 Å². The van der Waals surface area contributed by atoms with Crippen molar-refractivity contribution in [3.63, 3.8) is 0 Å². The molecule has 2 atom stereocenters. The van der Waals surface area contributed by atoms with Gasteiger partial charge in [0.25, 0.3) is 5.91 Å². The second-order valence-electron chi connectivity index (χ2n) is 6.93. The smallest absolute Gasteiger partial charge is 0.281 e. The van der Waals surface area contributed by atoms with Crippen molar-refractivity contribution >= 4 is 5.91 Å². The molecule has 0 aliphatic carbocycles. The molecule has 6 nitrogen and oxygen atoms in total. The normalized spacial score (nSPS) is 20.0. The van der Waals surface area contributed by atoms with Gasteiger partial charge in [-0.2, -0.15) is 0 Å². The highest BCUT2D eigenvalue weighted by molar-refractivity contribution is 5.80. The van der Waals surface area contributed by atoms with Gasteiger partial charge >= 0.3 is 0 Å². The third kappa shape index (κ3) is 3.65. The Morgan fingerprint density at radius 2 is 2.00 bits per heavy atom. The molecule has 0 radical (unpaired) electrons. The monoisotopic (exact) mass is 335 g/mol. The van der Waals surface area contributed by atoms with Gasteiger partial charge in [-0.15, -0.1) is 0 Å². The first-order valence-corrected chi connectivity index (χ1v) is 8.92. The van der Waals surface area contributed by atoms with Crippen LogP contribution in [0.1, 0.15) is 25.8 Å². The topological polar surface area (TPSA) is 70.9 Å². The van der Waals surface area contributed by atoms with Crippen LogP contribution in [0.4, 0.5) is 0 Å². The van der Waals surface area contributed by atoms with Crippen molar-refractivity contribution in [3.05, 3.63) is 23.8 Å². The largest absolute Gasteiger partial charge is 0.454 e. The van der Waals surface area contributed by atoms with Gasteiger partial charge in [-0.1, -0.05) is 13.8 Å². The van der Waals surface area contributed by atoms with Crippen molar-refractivity contribution in [1.29, 1.82) is 0 Å². The number of ether oxygens (including phenoxy) is 2. The molecule has 24 heavy (non-hydrogen) atoms. The van der Waals surface area contributed by atoms with Crippen LogP contribution in [0, 0.1) is 5.92 Å². The maximum Gasteiger partial charge on any atom is 0.281 e. The summed E-state index contributed by atoms with van der Waals surface area (Å²) in [4.78, 5) is 16.0. The Morgan fingerprint density at radius 1 is 1.29 bits per heavy atom. The van der Waals surface area contributed by atoms with Gasteiger partial charge in [0.05, 0.1) is 26.2 Å². The van der Waals surface area contributed by atoms with Gasteiger partial charge in [0.2, 0.25) is 6.79 Å². The molecule has 1 saturated heterocycles. The highest BCUT2D eigenvalue weighted by atomic mass is 16.7. The number of benzene rings is 1. The molecule has 2 aliphatic rings. The van der Waals surface area contributed by atoms with Crippen LogP contribution in [-0.4, -0.2) is 49.8 Å². The van der Waals surface area contributed by atoms with E-state index in [9.17, 15) is 4.79 Å². The third-order valence-electron chi connectivity index (χ3n) is 5.32. The Morgan fingerprint density at radius 3 is 2.71 bits per heavy atom. The van der Waals surface area contributed by atoms with Gasteiger partial charge < -0.3 is 25.0 Å². The molecule has 3 rings (SSSR count). The van der Waals surface area contributed by atoms with Gasteiger partial charge in [-0.05, 0) is 24.6 Å². The lowest BCUT2D eigenvalue weighted by Crippen LogP contribution is -3.13.